The van der Waals surface area contributed by atoms with Gasteiger partial charge in [0.15, 0.2) is 0 Å². The molecule has 19 heavy (non-hydrogen) atoms. The molecule has 0 aromatic rings. The molecule has 0 saturated heterocycles. The third kappa shape index (κ3) is 5.90. The highest BCUT2D eigenvalue weighted by Gasteiger charge is 2.42. The van der Waals surface area contributed by atoms with Gasteiger partial charge >= 0.3 is 5.24 Å². The van der Waals surface area contributed by atoms with E-state index in [2.05, 4.69) is 41.5 Å². The summed E-state index contributed by atoms with van der Waals surface area (Å²) in [7, 11) is -3.73. The molecule has 0 atom stereocenters. The average molecular weight is 436 g/mol. The summed E-state index contributed by atoms with van der Waals surface area (Å²) in [6, 6.07) is 6.06. The monoisotopic (exact) mass is 436 g/mol. The minimum atomic E-state index is -2.94. The maximum Gasteiger partial charge on any atom is 0.369 e. The molecule has 0 amide bonds. The Hall–Kier alpha value is 1.31. The molecular formula is C12H30IO3PSi2. The van der Waals surface area contributed by atoms with Crippen molar-refractivity contribution in [2.75, 3.05) is 0 Å². The third-order valence-electron chi connectivity index (χ3n) is 4.47. The van der Waals surface area contributed by atoms with Crippen LogP contribution in [0.3, 0.4) is 0 Å². The zero-order valence-corrected chi connectivity index (χ0v) is 18.3. The number of hydrogen-bond acceptors (Lipinski definition) is 3. The predicted octanol–water partition coefficient (Wildman–Crippen LogP) is 6.57. The topological polar surface area (TPSA) is 35.5 Å². The van der Waals surface area contributed by atoms with Crippen LogP contribution in [0.1, 0.15) is 41.5 Å². The Bertz CT molecular complexity index is 265. The van der Waals surface area contributed by atoms with Crippen LogP contribution in [0.25, 0.3) is 0 Å². The van der Waals surface area contributed by atoms with E-state index in [0.717, 1.165) is 36.3 Å². The van der Waals surface area contributed by atoms with Gasteiger partial charge in [0.2, 0.25) is 16.6 Å². The Morgan fingerprint density at radius 1 is 0.737 bits per heavy atom. The van der Waals surface area contributed by atoms with Gasteiger partial charge in [-0.25, -0.2) is 0 Å². The van der Waals surface area contributed by atoms with Crippen LogP contribution in [0.15, 0.2) is 0 Å². The molecule has 0 radical (unpaired) electrons. The smallest absolute Gasteiger partial charge is 0.344 e. The Labute approximate surface area is 134 Å². The number of halogens is 1. The molecule has 0 unspecified atom stereocenters. The quantitative estimate of drug-likeness (QED) is 0.221. The van der Waals surface area contributed by atoms with Gasteiger partial charge in [-0.15, -0.1) is 0 Å². The standard InChI is InChI=1S/C12H30IO3PSi2/c1-7-18(8-2,9-3)15-17(13,14)16-19(10-4,11-5)12-6/h7-12H2,1-6H3. The number of hydrogen-bond donors (Lipinski definition) is 0. The lowest BCUT2D eigenvalue weighted by atomic mass is 10.9. The highest BCUT2D eigenvalue weighted by Crippen LogP contribution is 2.62. The summed E-state index contributed by atoms with van der Waals surface area (Å²) in [6.07, 6.45) is 0. The molecule has 0 heterocycles. The first-order valence-electron chi connectivity index (χ1n) is 7.49. The Morgan fingerprint density at radius 3 is 1.11 bits per heavy atom. The molecule has 0 aliphatic rings. The molecule has 0 aliphatic heterocycles. The molecule has 0 fully saturated rings. The SMILES string of the molecule is CC[Si](CC)(CC)OP(=O)(I)O[Si](CC)(CC)CC. The second-order valence-electron chi connectivity index (χ2n) is 5.10. The molecule has 0 saturated carbocycles. The van der Waals surface area contributed by atoms with Gasteiger partial charge in [-0.05, 0) is 36.3 Å². The van der Waals surface area contributed by atoms with E-state index < -0.39 is 21.9 Å². The van der Waals surface area contributed by atoms with Gasteiger partial charge in [-0.1, -0.05) is 41.5 Å². The zero-order chi connectivity index (χ0) is 15.2. The molecule has 0 rings (SSSR count). The van der Waals surface area contributed by atoms with E-state index in [0.29, 0.717) is 0 Å². The van der Waals surface area contributed by atoms with Crippen molar-refractivity contribution in [3.8, 4) is 0 Å². The summed E-state index contributed by atoms with van der Waals surface area (Å²) in [6.45, 7) is 12.9. The molecule has 0 aliphatic carbocycles. The van der Waals surface area contributed by atoms with Crippen molar-refractivity contribution in [3.63, 3.8) is 0 Å². The lowest BCUT2D eigenvalue weighted by molar-refractivity contribution is 0.396. The predicted molar refractivity (Wildman–Crippen MR) is 98.2 cm³/mol. The minimum Gasteiger partial charge on any atom is -0.344 e. The lowest BCUT2D eigenvalue weighted by Gasteiger charge is -2.35. The fourth-order valence-electron chi connectivity index (χ4n) is 2.37. The first-order chi connectivity index (χ1) is 8.78. The van der Waals surface area contributed by atoms with Gasteiger partial charge in [-0.2, -0.15) is 0 Å². The molecule has 3 nitrogen and oxygen atoms in total. The van der Waals surface area contributed by atoms with Gasteiger partial charge < -0.3 is 8.43 Å². The normalized spacial score (nSPS) is 13.8. The van der Waals surface area contributed by atoms with Crippen LogP contribution in [-0.4, -0.2) is 16.6 Å². The summed E-state index contributed by atoms with van der Waals surface area (Å²) < 4.78 is 25.1. The Morgan fingerprint density at radius 2 is 0.947 bits per heavy atom. The second kappa shape index (κ2) is 8.68. The Balaban J connectivity index is 5.02. The van der Waals surface area contributed by atoms with E-state index in [1.165, 1.54) is 0 Å². The molecule has 0 bridgehead atoms. The van der Waals surface area contributed by atoms with E-state index in [4.69, 9.17) is 8.43 Å². The van der Waals surface area contributed by atoms with Crippen molar-refractivity contribution in [2.45, 2.75) is 77.8 Å². The van der Waals surface area contributed by atoms with Crippen molar-refractivity contribution in [2.24, 2.45) is 0 Å². The molecule has 116 valence electrons. The summed E-state index contributed by atoms with van der Waals surface area (Å²) in [5.74, 6) is 0. The third-order valence-corrected chi connectivity index (χ3v) is 20.6. The molecule has 0 N–H and O–H groups in total. The van der Waals surface area contributed by atoms with Crippen LogP contribution in [0.4, 0.5) is 0 Å². The zero-order valence-electron chi connectivity index (χ0n) is 13.3. The summed E-state index contributed by atoms with van der Waals surface area (Å²) in [4.78, 5) is 0. The maximum absolute atomic E-state index is 12.8. The Kier molecular flexibility index (Phi) is 9.28. The van der Waals surface area contributed by atoms with Gasteiger partial charge in [0.1, 0.15) is 0 Å². The minimum absolute atomic E-state index is 1.01. The molecular weight excluding hydrogens is 406 g/mol. The summed E-state index contributed by atoms with van der Waals surface area (Å²) in [5, 5.41) is -2.94. The van der Waals surface area contributed by atoms with E-state index in [1.54, 1.807) is 0 Å². The molecule has 0 spiro atoms. The van der Waals surface area contributed by atoms with Crippen molar-refractivity contribution in [3.05, 3.63) is 0 Å². The van der Waals surface area contributed by atoms with Crippen LogP contribution >= 0.6 is 27.3 Å². The number of rotatable bonds is 10. The van der Waals surface area contributed by atoms with E-state index in [-0.39, 0.29) is 0 Å². The summed E-state index contributed by atoms with van der Waals surface area (Å²) >= 11 is 1.95. The van der Waals surface area contributed by atoms with Crippen LogP contribution in [0.2, 0.25) is 36.3 Å². The molecule has 7 heteroatoms. The van der Waals surface area contributed by atoms with Crippen molar-refractivity contribution in [1.82, 2.24) is 0 Å². The average Bonchev–Trinajstić information content (AvgIpc) is 2.42. The van der Waals surface area contributed by atoms with Gasteiger partial charge in [0.05, 0.1) is 22.0 Å². The lowest BCUT2D eigenvalue weighted by Crippen LogP contribution is -2.38. The fourth-order valence-corrected chi connectivity index (χ4v) is 20.2. The van der Waals surface area contributed by atoms with Crippen LogP contribution < -0.4 is 0 Å². The highest BCUT2D eigenvalue weighted by molar-refractivity contribution is 14.2. The van der Waals surface area contributed by atoms with Crippen molar-refractivity contribution < 1.29 is 13.0 Å². The molecule has 0 aromatic carbocycles. The van der Waals surface area contributed by atoms with Gasteiger partial charge in [0, 0.05) is 0 Å². The molecule has 0 aromatic heterocycles. The van der Waals surface area contributed by atoms with Crippen LogP contribution in [0.5, 0.6) is 0 Å². The summed E-state index contributed by atoms with van der Waals surface area (Å²) in [5.41, 5.74) is 0. The second-order valence-corrected chi connectivity index (χ2v) is 19.9. The van der Waals surface area contributed by atoms with Crippen LogP contribution in [-0.2, 0) is 13.0 Å². The van der Waals surface area contributed by atoms with Crippen molar-refractivity contribution >= 4 is 43.9 Å². The van der Waals surface area contributed by atoms with E-state index in [9.17, 15) is 4.57 Å². The van der Waals surface area contributed by atoms with Crippen molar-refractivity contribution in [1.29, 1.82) is 0 Å². The maximum atomic E-state index is 12.8. The highest BCUT2D eigenvalue weighted by atomic mass is 127. The first-order valence-corrected chi connectivity index (χ1v) is 16.9. The largest absolute Gasteiger partial charge is 0.369 e. The van der Waals surface area contributed by atoms with Gasteiger partial charge in [-0.3, -0.25) is 4.57 Å². The van der Waals surface area contributed by atoms with E-state index >= 15 is 0 Å². The van der Waals surface area contributed by atoms with Gasteiger partial charge in [0.25, 0.3) is 0 Å². The first kappa shape index (κ1) is 20.3. The van der Waals surface area contributed by atoms with Crippen LogP contribution in [0, 0.1) is 0 Å². The fraction of sp³-hybridized carbons (Fsp3) is 1.00. The van der Waals surface area contributed by atoms with E-state index in [1.807, 2.05) is 22.0 Å².